The lowest BCUT2D eigenvalue weighted by atomic mass is 9.87. The smallest absolute Gasteiger partial charge is 0.235 e. The first kappa shape index (κ1) is 23.3. The number of nitrogens with one attached hydrogen (secondary N) is 2. The summed E-state index contributed by atoms with van der Waals surface area (Å²) in [5, 5.41) is 5.42. The van der Waals surface area contributed by atoms with Crippen molar-refractivity contribution in [1.29, 1.82) is 0 Å². The van der Waals surface area contributed by atoms with Crippen molar-refractivity contribution in [2.24, 2.45) is 39.9 Å². The molecule has 1 rings (SSSR count). The van der Waals surface area contributed by atoms with E-state index in [1.54, 1.807) is 0 Å². The van der Waals surface area contributed by atoms with E-state index in [2.05, 4.69) is 16.1 Å². The molecule has 158 valence electrons. The normalized spacial score (nSPS) is 23.9. The zero-order chi connectivity index (χ0) is 21.1. The van der Waals surface area contributed by atoms with Gasteiger partial charge in [0.05, 0.1) is 6.42 Å². The van der Waals surface area contributed by atoms with Gasteiger partial charge in [0, 0.05) is 25.1 Å². The lowest BCUT2D eigenvalue weighted by Crippen LogP contribution is -2.51. The molecule has 0 radical (unpaired) electrons. The Hall–Kier alpha value is -2.73. The molecule has 12 heteroatoms. The number of nitrogens with two attached hydrogens (primary N) is 4. The van der Waals surface area contributed by atoms with Crippen molar-refractivity contribution >= 4 is 29.3 Å². The fourth-order valence-electron chi connectivity index (χ4n) is 3.07. The monoisotopic (exact) mass is 398 g/mol. The molecule has 2 atom stereocenters. The molecule has 12 nitrogen and oxygen atoms in total. The quantitative estimate of drug-likeness (QED) is 0.260. The predicted octanol–water partition coefficient (Wildman–Crippen LogP) is -2.43. The first-order valence-corrected chi connectivity index (χ1v) is 9.11. The summed E-state index contributed by atoms with van der Waals surface area (Å²) < 4.78 is 0. The maximum atomic E-state index is 11.4. The SMILES string of the molecule is NC(=O)C/C1=N/NN(CC(N)=O)NCC(CC(N)=O)CCC(CC(N)=O)CC1. The number of hydrogen-bond donors (Lipinski definition) is 6. The molecular weight excluding hydrogens is 368 g/mol. The van der Waals surface area contributed by atoms with Crippen LogP contribution in [0.2, 0.25) is 0 Å². The third kappa shape index (κ3) is 10.4. The van der Waals surface area contributed by atoms with E-state index in [1.165, 1.54) is 5.12 Å². The van der Waals surface area contributed by atoms with Crippen molar-refractivity contribution in [3.63, 3.8) is 0 Å². The first-order chi connectivity index (χ1) is 13.2. The molecule has 0 aromatic heterocycles. The van der Waals surface area contributed by atoms with Gasteiger partial charge in [-0.3, -0.25) is 19.2 Å². The molecule has 0 spiro atoms. The van der Waals surface area contributed by atoms with Crippen LogP contribution in [0, 0.1) is 11.8 Å². The zero-order valence-corrected chi connectivity index (χ0v) is 15.9. The highest BCUT2D eigenvalue weighted by Gasteiger charge is 2.21. The van der Waals surface area contributed by atoms with Gasteiger partial charge < -0.3 is 22.9 Å². The van der Waals surface area contributed by atoms with Crippen LogP contribution in [0.1, 0.15) is 44.9 Å². The molecule has 28 heavy (non-hydrogen) atoms. The lowest BCUT2D eigenvalue weighted by Gasteiger charge is -2.26. The molecule has 0 aromatic carbocycles. The fraction of sp³-hybridized carbons (Fsp3) is 0.688. The van der Waals surface area contributed by atoms with E-state index in [1.807, 2.05) is 0 Å². The summed E-state index contributed by atoms with van der Waals surface area (Å²) in [7, 11) is 0. The highest BCUT2D eigenvalue weighted by molar-refractivity contribution is 6.00. The molecule has 4 amide bonds. The molecule has 1 aliphatic rings. The van der Waals surface area contributed by atoms with E-state index in [0.717, 1.165) is 0 Å². The number of carbonyl (C=O) groups excluding carboxylic acids is 4. The minimum absolute atomic E-state index is 0.0212. The van der Waals surface area contributed by atoms with E-state index in [0.29, 0.717) is 37.9 Å². The van der Waals surface area contributed by atoms with Crippen molar-refractivity contribution in [2.75, 3.05) is 13.1 Å². The molecule has 0 bridgehead atoms. The van der Waals surface area contributed by atoms with E-state index < -0.39 is 23.6 Å². The van der Waals surface area contributed by atoms with Gasteiger partial charge in [0.15, 0.2) is 0 Å². The minimum Gasteiger partial charge on any atom is -0.370 e. The Kier molecular flexibility index (Phi) is 9.88. The van der Waals surface area contributed by atoms with Gasteiger partial charge in [-0.15, -0.1) is 5.12 Å². The summed E-state index contributed by atoms with van der Waals surface area (Å²) in [6.45, 7) is 0.133. The Bertz CT molecular complexity index is 609. The average Bonchev–Trinajstić information content (AvgIpc) is 2.55. The number of amides is 4. The van der Waals surface area contributed by atoms with Crippen LogP contribution in [0.15, 0.2) is 5.10 Å². The van der Waals surface area contributed by atoms with E-state index >= 15 is 0 Å². The maximum absolute atomic E-state index is 11.4. The van der Waals surface area contributed by atoms with E-state index in [-0.39, 0.29) is 37.6 Å². The second-order valence-electron chi connectivity index (χ2n) is 7.02. The summed E-state index contributed by atoms with van der Waals surface area (Å²) in [5.74, 6) is -2.14. The number of primary amides is 4. The summed E-state index contributed by atoms with van der Waals surface area (Å²) in [6, 6.07) is 0. The van der Waals surface area contributed by atoms with Crippen LogP contribution in [0.4, 0.5) is 0 Å². The molecule has 0 aromatic rings. The van der Waals surface area contributed by atoms with Crippen LogP contribution < -0.4 is 33.9 Å². The van der Waals surface area contributed by atoms with Gasteiger partial charge in [-0.2, -0.15) is 5.10 Å². The van der Waals surface area contributed by atoms with Gasteiger partial charge in [-0.1, -0.05) is 0 Å². The molecule has 0 saturated carbocycles. The third-order valence-corrected chi connectivity index (χ3v) is 4.40. The predicted molar refractivity (Wildman–Crippen MR) is 101 cm³/mol. The number of hydrazone groups is 1. The van der Waals surface area contributed by atoms with Crippen molar-refractivity contribution in [2.45, 2.75) is 44.9 Å². The van der Waals surface area contributed by atoms with Crippen LogP contribution in [-0.2, 0) is 19.2 Å². The number of carbonyl (C=O) groups is 4. The Labute approximate surface area is 163 Å². The molecule has 0 aliphatic carbocycles. The molecule has 0 fully saturated rings. The summed E-state index contributed by atoms with van der Waals surface area (Å²) in [5.41, 5.74) is 27.2. The van der Waals surface area contributed by atoms with Gasteiger partial charge in [0.25, 0.3) is 0 Å². The highest BCUT2D eigenvalue weighted by atomic mass is 16.2. The molecular formula is C16H30N8O4. The Morgan fingerprint density at radius 2 is 1.50 bits per heavy atom. The van der Waals surface area contributed by atoms with Crippen molar-refractivity contribution in [3.05, 3.63) is 0 Å². The van der Waals surface area contributed by atoms with Crippen LogP contribution >= 0.6 is 0 Å². The van der Waals surface area contributed by atoms with Crippen LogP contribution in [0.3, 0.4) is 0 Å². The summed E-state index contributed by atoms with van der Waals surface area (Å²) in [4.78, 5) is 45.3. The molecule has 1 aliphatic heterocycles. The molecule has 1 heterocycles. The second-order valence-corrected chi connectivity index (χ2v) is 7.02. The van der Waals surface area contributed by atoms with Crippen molar-refractivity contribution < 1.29 is 19.2 Å². The topological polar surface area (TPSA) is 212 Å². The Balaban J connectivity index is 3.00. The van der Waals surface area contributed by atoms with E-state index in [9.17, 15) is 19.2 Å². The van der Waals surface area contributed by atoms with Crippen LogP contribution in [0.5, 0.6) is 0 Å². The number of nitrogens with zero attached hydrogens (tertiary/aromatic N) is 2. The standard InChI is InChI=1S/C16H30N8O4/c17-13(25)5-10-1-2-11(6-14(18)26)8-21-24(9-16(20)28)23-22-12(4-3-10)7-15(19)27/h10-11,21,23H,1-9H2,(H2,17,25)(H2,18,26)(H2,19,27)(H2,20,28)/b22-12+. The number of hydrogen-bond acceptors (Lipinski definition) is 8. The largest absolute Gasteiger partial charge is 0.370 e. The number of rotatable bonds is 8. The lowest BCUT2D eigenvalue weighted by molar-refractivity contribution is -0.122. The number of hydrazine groups is 2. The third-order valence-electron chi connectivity index (χ3n) is 4.40. The minimum atomic E-state index is -0.605. The van der Waals surface area contributed by atoms with Gasteiger partial charge >= 0.3 is 0 Å². The average molecular weight is 398 g/mol. The summed E-state index contributed by atoms with van der Waals surface area (Å²) in [6.07, 6.45) is 2.54. The van der Waals surface area contributed by atoms with Crippen molar-refractivity contribution in [1.82, 2.24) is 16.1 Å². The second kappa shape index (κ2) is 11.9. The van der Waals surface area contributed by atoms with Crippen LogP contribution in [0.25, 0.3) is 0 Å². The van der Waals surface area contributed by atoms with Crippen molar-refractivity contribution in [3.8, 4) is 0 Å². The Morgan fingerprint density at radius 1 is 0.893 bits per heavy atom. The Morgan fingerprint density at radius 3 is 2.07 bits per heavy atom. The summed E-state index contributed by atoms with van der Waals surface area (Å²) >= 11 is 0. The van der Waals surface area contributed by atoms with Gasteiger partial charge in [-0.05, 0) is 37.5 Å². The van der Waals surface area contributed by atoms with Gasteiger partial charge in [0.1, 0.15) is 6.54 Å². The first-order valence-electron chi connectivity index (χ1n) is 9.11. The maximum Gasteiger partial charge on any atom is 0.235 e. The fourth-order valence-corrected chi connectivity index (χ4v) is 3.07. The van der Waals surface area contributed by atoms with Gasteiger partial charge in [-0.25, -0.2) is 11.0 Å². The van der Waals surface area contributed by atoms with E-state index in [4.69, 9.17) is 22.9 Å². The zero-order valence-electron chi connectivity index (χ0n) is 15.9. The van der Waals surface area contributed by atoms with Crippen LogP contribution in [-0.4, -0.2) is 47.5 Å². The van der Waals surface area contributed by atoms with Gasteiger partial charge in [0.2, 0.25) is 23.6 Å². The molecule has 10 N–H and O–H groups in total. The molecule has 2 unspecified atom stereocenters. The highest BCUT2D eigenvalue weighted by Crippen LogP contribution is 2.23. The molecule has 0 saturated heterocycles.